The van der Waals surface area contributed by atoms with E-state index in [9.17, 15) is 9.59 Å². The normalized spacial score (nSPS) is 26.9. The molecule has 80 valence electrons. The van der Waals surface area contributed by atoms with Crippen molar-refractivity contribution in [2.24, 2.45) is 17.6 Å². The fraction of sp³-hybridized carbons (Fsp3) is 0.800. The summed E-state index contributed by atoms with van der Waals surface area (Å²) in [5.41, 5.74) is 5.11. The second kappa shape index (κ2) is 4.98. The molecule has 0 aromatic heterocycles. The van der Waals surface area contributed by atoms with Crippen molar-refractivity contribution < 1.29 is 14.3 Å². The fourth-order valence-electron chi connectivity index (χ4n) is 2.05. The lowest BCUT2D eigenvalue weighted by Crippen LogP contribution is -2.25. The molecule has 0 heterocycles. The highest BCUT2D eigenvalue weighted by Gasteiger charge is 2.27. The lowest BCUT2D eigenvalue weighted by atomic mass is 9.80. The van der Waals surface area contributed by atoms with E-state index in [-0.39, 0.29) is 17.8 Å². The van der Waals surface area contributed by atoms with Gasteiger partial charge in [-0.25, -0.2) is 0 Å². The van der Waals surface area contributed by atoms with E-state index in [1.807, 2.05) is 0 Å². The van der Waals surface area contributed by atoms with Gasteiger partial charge in [0.1, 0.15) is 0 Å². The van der Waals surface area contributed by atoms with Crippen molar-refractivity contribution in [2.45, 2.75) is 32.1 Å². The van der Waals surface area contributed by atoms with Crippen LogP contribution in [-0.2, 0) is 14.3 Å². The lowest BCUT2D eigenvalue weighted by molar-refractivity contribution is -0.146. The SMILES string of the molecule is COC(=O)C1CCC(CC(N)=O)CC1. The first-order valence-electron chi connectivity index (χ1n) is 4.99. The third-order valence-electron chi connectivity index (χ3n) is 2.87. The first-order chi connectivity index (χ1) is 6.63. The number of amides is 1. The summed E-state index contributed by atoms with van der Waals surface area (Å²) in [5, 5.41) is 0. The van der Waals surface area contributed by atoms with E-state index >= 15 is 0 Å². The molecule has 4 nitrogen and oxygen atoms in total. The third kappa shape index (κ3) is 3.01. The highest BCUT2D eigenvalue weighted by Crippen LogP contribution is 2.31. The van der Waals surface area contributed by atoms with Gasteiger partial charge < -0.3 is 10.5 Å². The van der Waals surface area contributed by atoms with Crippen LogP contribution in [0.2, 0.25) is 0 Å². The molecule has 1 aliphatic carbocycles. The van der Waals surface area contributed by atoms with E-state index in [0.717, 1.165) is 25.7 Å². The second-order valence-electron chi connectivity index (χ2n) is 3.91. The summed E-state index contributed by atoms with van der Waals surface area (Å²) in [6.45, 7) is 0. The van der Waals surface area contributed by atoms with E-state index in [1.54, 1.807) is 0 Å². The first-order valence-corrected chi connectivity index (χ1v) is 4.99. The number of ether oxygens (including phenoxy) is 1. The Labute approximate surface area is 83.8 Å². The summed E-state index contributed by atoms with van der Waals surface area (Å²) < 4.78 is 4.68. The molecule has 0 atom stereocenters. The van der Waals surface area contributed by atoms with Crippen molar-refractivity contribution in [1.82, 2.24) is 0 Å². The van der Waals surface area contributed by atoms with Gasteiger partial charge in [0.2, 0.25) is 5.91 Å². The topological polar surface area (TPSA) is 69.4 Å². The van der Waals surface area contributed by atoms with Crippen LogP contribution < -0.4 is 5.73 Å². The van der Waals surface area contributed by atoms with Gasteiger partial charge >= 0.3 is 5.97 Å². The molecule has 1 aliphatic rings. The molecule has 0 radical (unpaired) electrons. The fourth-order valence-corrected chi connectivity index (χ4v) is 2.05. The molecule has 1 fully saturated rings. The Balaban J connectivity index is 2.31. The smallest absolute Gasteiger partial charge is 0.308 e. The maximum atomic E-state index is 11.2. The minimum atomic E-state index is -0.244. The molecule has 1 amide bonds. The standard InChI is InChI=1S/C10H17NO3/c1-14-10(13)8-4-2-7(3-5-8)6-9(11)12/h7-8H,2-6H2,1H3,(H2,11,12). The molecule has 0 unspecified atom stereocenters. The molecular formula is C10H17NO3. The highest BCUT2D eigenvalue weighted by atomic mass is 16.5. The molecule has 2 N–H and O–H groups in total. The van der Waals surface area contributed by atoms with Crippen molar-refractivity contribution >= 4 is 11.9 Å². The Hall–Kier alpha value is -1.06. The van der Waals surface area contributed by atoms with Gasteiger partial charge in [0.15, 0.2) is 0 Å². The van der Waals surface area contributed by atoms with Crippen LogP contribution in [0.3, 0.4) is 0 Å². The van der Waals surface area contributed by atoms with Gasteiger partial charge in [-0.3, -0.25) is 9.59 Å². The summed E-state index contributed by atoms with van der Waals surface area (Å²) in [6, 6.07) is 0. The van der Waals surface area contributed by atoms with Gasteiger partial charge in [-0.1, -0.05) is 0 Å². The zero-order chi connectivity index (χ0) is 10.6. The number of esters is 1. The highest BCUT2D eigenvalue weighted by molar-refractivity contribution is 5.74. The van der Waals surface area contributed by atoms with E-state index in [0.29, 0.717) is 12.3 Å². The Morgan fingerprint density at radius 3 is 2.29 bits per heavy atom. The molecule has 4 heteroatoms. The van der Waals surface area contributed by atoms with Crippen LogP contribution in [-0.4, -0.2) is 19.0 Å². The molecule has 1 saturated carbocycles. The van der Waals surface area contributed by atoms with Crippen molar-refractivity contribution in [1.29, 1.82) is 0 Å². The van der Waals surface area contributed by atoms with E-state index < -0.39 is 0 Å². The molecule has 0 aliphatic heterocycles. The predicted molar refractivity (Wildman–Crippen MR) is 51.3 cm³/mol. The maximum absolute atomic E-state index is 11.2. The van der Waals surface area contributed by atoms with Crippen molar-refractivity contribution in [3.05, 3.63) is 0 Å². The van der Waals surface area contributed by atoms with Gasteiger partial charge in [-0.15, -0.1) is 0 Å². The van der Waals surface area contributed by atoms with Crippen LogP contribution in [0.5, 0.6) is 0 Å². The van der Waals surface area contributed by atoms with Gasteiger partial charge in [-0.2, -0.15) is 0 Å². The Morgan fingerprint density at radius 2 is 1.86 bits per heavy atom. The number of carbonyl (C=O) groups is 2. The largest absolute Gasteiger partial charge is 0.469 e. The minimum absolute atomic E-state index is 0.0316. The quantitative estimate of drug-likeness (QED) is 0.685. The number of carbonyl (C=O) groups excluding carboxylic acids is 2. The number of rotatable bonds is 3. The molecular weight excluding hydrogens is 182 g/mol. The van der Waals surface area contributed by atoms with Crippen LogP contribution in [0.4, 0.5) is 0 Å². The van der Waals surface area contributed by atoms with Crippen LogP contribution in [0.1, 0.15) is 32.1 Å². The van der Waals surface area contributed by atoms with Crippen LogP contribution in [0.15, 0.2) is 0 Å². The molecule has 0 aromatic rings. The summed E-state index contributed by atoms with van der Waals surface area (Å²) >= 11 is 0. The Bertz CT molecular complexity index is 219. The van der Waals surface area contributed by atoms with Crippen molar-refractivity contribution in [2.75, 3.05) is 7.11 Å². The van der Waals surface area contributed by atoms with Gasteiger partial charge in [0.25, 0.3) is 0 Å². The zero-order valence-electron chi connectivity index (χ0n) is 8.49. The Morgan fingerprint density at radius 1 is 1.29 bits per heavy atom. The second-order valence-corrected chi connectivity index (χ2v) is 3.91. The average Bonchev–Trinajstić information content (AvgIpc) is 2.17. The molecule has 1 rings (SSSR count). The summed E-state index contributed by atoms with van der Waals surface area (Å²) in [7, 11) is 1.41. The van der Waals surface area contributed by atoms with Gasteiger partial charge in [0, 0.05) is 6.42 Å². The Kier molecular flexibility index (Phi) is 3.92. The summed E-state index contributed by atoms with van der Waals surface area (Å²) in [5.74, 6) is 0.0339. The number of hydrogen-bond donors (Lipinski definition) is 1. The van der Waals surface area contributed by atoms with E-state index in [4.69, 9.17) is 5.73 Å². The monoisotopic (exact) mass is 199 g/mol. The van der Waals surface area contributed by atoms with E-state index in [2.05, 4.69) is 4.74 Å². The zero-order valence-corrected chi connectivity index (χ0v) is 8.49. The molecule has 0 aromatic carbocycles. The molecule has 0 bridgehead atoms. The van der Waals surface area contributed by atoms with Crippen molar-refractivity contribution in [3.63, 3.8) is 0 Å². The minimum Gasteiger partial charge on any atom is -0.469 e. The number of primary amides is 1. The number of nitrogens with two attached hydrogens (primary N) is 1. The average molecular weight is 199 g/mol. The van der Waals surface area contributed by atoms with Crippen LogP contribution in [0.25, 0.3) is 0 Å². The van der Waals surface area contributed by atoms with Crippen molar-refractivity contribution in [3.8, 4) is 0 Å². The molecule has 0 saturated heterocycles. The van der Waals surface area contributed by atoms with Gasteiger partial charge in [-0.05, 0) is 31.6 Å². The number of hydrogen-bond acceptors (Lipinski definition) is 3. The maximum Gasteiger partial charge on any atom is 0.308 e. The van der Waals surface area contributed by atoms with E-state index in [1.165, 1.54) is 7.11 Å². The number of methoxy groups -OCH3 is 1. The molecule has 0 spiro atoms. The van der Waals surface area contributed by atoms with Crippen LogP contribution in [0, 0.1) is 11.8 Å². The third-order valence-corrected chi connectivity index (χ3v) is 2.87. The van der Waals surface area contributed by atoms with Gasteiger partial charge in [0.05, 0.1) is 13.0 Å². The molecule has 14 heavy (non-hydrogen) atoms. The summed E-state index contributed by atoms with van der Waals surface area (Å²) in [6.07, 6.45) is 3.91. The van der Waals surface area contributed by atoms with Crippen LogP contribution >= 0.6 is 0 Å². The predicted octanol–water partition coefficient (Wildman–Crippen LogP) is 0.841. The lowest BCUT2D eigenvalue weighted by Gasteiger charge is -2.25. The first kappa shape index (κ1) is 11.0. The summed E-state index contributed by atoms with van der Waals surface area (Å²) in [4.78, 5) is 21.9.